The second kappa shape index (κ2) is 7.52. The van der Waals surface area contributed by atoms with Crippen molar-refractivity contribution in [2.24, 2.45) is 0 Å². The summed E-state index contributed by atoms with van der Waals surface area (Å²) in [6.07, 6.45) is 1.36. The summed E-state index contributed by atoms with van der Waals surface area (Å²) >= 11 is 3.18. The number of carbonyl (C=O) groups is 2. The van der Waals surface area contributed by atoms with Crippen molar-refractivity contribution in [2.75, 3.05) is 0 Å². The molecular formula is C16H19NO2S2. The molecular weight excluding hydrogens is 302 g/mol. The molecule has 1 atom stereocenters. The Morgan fingerprint density at radius 2 is 2.05 bits per heavy atom. The lowest BCUT2D eigenvalue weighted by Crippen LogP contribution is -2.34. The average molecular weight is 321 g/mol. The number of Topliss-reactive ketones (excluding diaryl/α,β-unsaturated/α-hetero) is 1. The van der Waals surface area contributed by atoms with Gasteiger partial charge in [-0.1, -0.05) is 6.07 Å². The van der Waals surface area contributed by atoms with Crippen LogP contribution in [0.15, 0.2) is 29.6 Å². The number of hydrogen-bond acceptors (Lipinski definition) is 4. The van der Waals surface area contributed by atoms with E-state index in [9.17, 15) is 9.59 Å². The highest BCUT2D eigenvalue weighted by atomic mass is 32.1. The number of rotatable bonds is 7. The lowest BCUT2D eigenvalue weighted by atomic mass is 10.1. The predicted octanol–water partition coefficient (Wildman–Crippen LogP) is 3.83. The molecule has 3 nitrogen and oxygen atoms in total. The van der Waals surface area contributed by atoms with E-state index in [1.54, 1.807) is 11.3 Å². The summed E-state index contributed by atoms with van der Waals surface area (Å²) in [6, 6.07) is 7.93. The first-order valence-corrected chi connectivity index (χ1v) is 8.65. The van der Waals surface area contributed by atoms with Crippen LogP contribution in [0.5, 0.6) is 0 Å². The molecule has 2 rings (SSSR count). The Kier molecular flexibility index (Phi) is 5.70. The van der Waals surface area contributed by atoms with Gasteiger partial charge in [0.1, 0.15) is 0 Å². The Morgan fingerprint density at radius 3 is 2.67 bits per heavy atom. The van der Waals surface area contributed by atoms with Crippen LogP contribution in [0.3, 0.4) is 0 Å². The summed E-state index contributed by atoms with van der Waals surface area (Å²) in [7, 11) is 0. The summed E-state index contributed by atoms with van der Waals surface area (Å²) < 4.78 is 0. The van der Waals surface area contributed by atoms with Crippen LogP contribution in [-0.4, -0.2) is 17.7 Å². The molecule has 21 heavy (non-hydrogen) atoms. The summed E-state index contributed by atoms with van der Waals surface area (Å²) in [4.78, 5) is 26.9. The van der Waals surface area contributed by atoms with Crippen LogP contribution in [0, 0.1) is 6.92 Å². The maximum absolute atomic E-state index is 11.9. The van der Waals surface area contributed by atoms with Crippen molar-refractivity contribution >= 4 is 34.4 Å². The molecule has 0 aromatic carbocycles. The van der Waals surface area contributed by atoms with Crippen molar-refractivity contribution in [1.82, 2.24) is 5.32 Å². The molecule has 0 aliphatic carbocycles. The molecule has 2 aromatic heterocycles. The summed E-state index contributed by atoms with van der Waals surface area (Å²) in [5.74, 6) is -0.00477. The van der Waals surface area contributed by atoms with Crippen LogP contribution < -0.4 is 5.32 Å². The lowest BCUT2D eigenvalue weighted by molar-refractivity contribution is -0.121. The molecule has 112 valence electrons. The zero-order valence-electron chi connectivity index (χ0n) is 12.2. The topological polar surface area (TPSA) is 46.2 Å². The first kappa shape index (κ1) is 15.9. The number of thiophene rings is 2. The van der Waals surface area contributed by atoms with Crippen LogP contribution in [-0.2, 0) is 11.2 Å². The fourth-order valence-corrected chi connectivity index (χ4v) is 3.73. The Balaban J connectivity index is 1.73. The van der Waals surface area contributed by atoms with Crippen molar-refractivity contribution in [2.45, 2.75) is 39.2 Å². The molecule has 1 N–H and O–H groups in total. The first-order chi connectivity index (χ1) is 10.0. The minimum Gasteiger partial charge on any atom is -0.353 e. The summed E-state index contributed by atoms with van der Waals surface area (Å²) in [5.41, 5.74) is 0. The highest BCUT2D eigenvalue weighted by Crippen LogP contribution is 2.17. The van der Waals surface area contributed by atoms with Gasteiger partial charge in [-0.2, -0.15) is 0 Å². The van der Waals surface area contributed by atoms with Gasteiger partial charge in [0, 0.05) is 35.1 Å². The molecule has 0 spiro atoms. The van der Waals surface area contributed by atoms with Crippen molar-refractivity contribution in [1.29, 1.82) is 0 Å². The monoisotopic (exact) mass is 321 g/mol. The van der Waals surface area contributed by atoms with Gasteiger partial charge in [0.15, 0.2) is 5.78 Å². The van der Waals surface area contributed by atoms with E-state index < -0.39 is 0 Å². The van der Waals surface area contributed by atoms with Gasteiger partial charge in [-0.05, 0) is 37.4 Å². The van der Waals surface area contributed by atoms with Gasteiger partial charge in [0.25, 0.3) is 0 Å². The Morgan fingerprint density at radius 1 is 1.24 bits per heavy atom. The van der Waals surface area contributed by atoms with Gasteiger partial charge >= 0.3 is 0 Å². The number of hydrogen-bond donors (Lipinski definition) is 1. The highest BCUT2D eigenvalue weighted by Gasteiger charge is 2.13. The first-order valence-electron chi connectivity index (χ1n) is 6.96. The normalized spacial score (nSPS) is 12.1. The van der Waals surface area contributed by atoms with Crippen molar-refractivity contribution in [3.8, 4) is 0 Å². The van der Waals surface area contributed by atoms with Crippen LogP contribution in [0.2, 0.25) is 0 Å². The van der Waals surface area contributed by atoms with Crippen LogP contribution in [0.25, 0.3) is 0 Å². The highest BCUT2D eigenvalue weighted by molar-refractivity contribution is 7.14. The molecule has 0 bridgehead atoms. The Labute approximate surface area is 133 Å². The van der Waals surface area contributed by atoms with E-state index >= 15 is 0 Å². The quantitative estimate of drug-likeness (QED) is 0.788. The molecule has 2 aromatic rings. The number of nitrogens with one attached hydrogen (secondary N) is 1. The SMILES string of the molecule is Cc1ccc(C(=O)CCC(=O)NC(C)Cc2cccs2)s1. The van der Waals surface area contributed by atoms with E-state index in [-0.39, 0.29) is 30.6 Å². The molecule has 0 aliphatic rings. The Hall–Kier alpha value is -1.46. The standard InChI is InChI=1S/C16H19NO2S2/c1-11(10-13-4-3-9-20-13)17-16(19)8-6-14(18)15-7-5-12(2)21-15/h3-5,7,9,11H,6,8,10H2,1-2H3,(H,17,19). The number of ketones is 1. The summed E-state index contributed by atoms with van der Waals surface area (Å²) in [5, 5.41) is 4.98. The summed E-state index contributed by atoms with van der Waals surface area (Å²) in [6.45, 7) is 3.96. The Bertz CT molecular complexity index is 602. The van der Waals surface area contributed by atoms with Crippen molar-refractivity contribution in [3.63, 3.8) is 0 Å². The largest absolute Gasteiger partial charge is 0.353 e. The van der Waals surface area contributed by atoms with Gasteiger partial charge < -0.3 is 5.32 Å². The smallest absolute Gasteiger partial charge is 0.220 e. The number of amides is 1. The molecule has 1 amide bonds. The van der Waals surface area contributed by atoms with E-state index in [0.717, 1.165) is 16.2 Å². The second-order valence-corrected chi connectivity index (χ2v) is 7.41. The zero-order valence-corrected chi connectivity index (χ0v) is 13.9. The van der Waals surface area contributed by atoms with Crippen LogP contribution in [0.1, 0.15) is 39.2 Å². The fraction of sp³-hybridized carbons (Fsp3) is 0.375. The van der Waals surface area contributed by atoms with E-state index in [2.05, 4.69) is 11.4 Å². The molecule has 1 unspecified atom stereocenters. The van der Waals surface area contributed by atoms with Crippen LogP contribution in [0.4, 0.5) is 0 Å². The lowest BCUT2D eigenvalue weighted by Gasteiger charge is -2.12. The van der Waals surface area contributed by atoms with Crippen molar-refractivity contribution in [3.05, 3.63) is 44.3 Å². The number of aryl methyl sites for hydroxylation is 1. The molecule has 0 saturated heterocycles. The van der Waals surface area contributed by atoms with Gasteiger partial charge in [0.2, 0.25) is 5.91 Å². The predicted molar refractivity (Wildman–Crippen MR) is 88.2 cm³/mol. The molecule has 0 aliphatic heterocycles. The minimum absolute atomic E-state index is 0.0501. The van der Waals surface area contributed by atoms with Crippen molar-refractivity contribution < 1.29 is 9.59 Å². The van der Waals surface area contributed by atoms with E-state index in [1.165, 1.54) is 16.2 Å². The van der Waals surface area contributed by atoms with E-state index in [0.29, 0.717) is 0 Å². The van der Waals surface area contributed by atoms with Gasteiger partial charge in [-0.15, -0.1) is 22.7 Å². The molecule has 0 saturated carbocycles. The molecule has 2 heterocycles. The molecule has 0 fully saturated rings. The number of carbonyl (C=O) groups excluding carboxylic acids is 2. The van der Waals surface area contributed by atoms with Crippen LogP contribution >= 0.6 is 22.7 Å². The van der Waals surface area contributed by atoms with Gasteiger partial charge in [0.05, 0.1) is 4.88 Å². The molecule has 5 heteroatoms. The van der Waals surface area contributed by atoms with Gasteiger partial charge in [-0.3, -0.25) is 9.59 Å². The second-order valence-electron chi connectivity index (χ2n) is 5.09. The minimum atomic E-state index is -0.0549. The van der Waals surface area contributed by atoms with E-state index in [4.69, 9.17) is 0 Å². The average Bonchev–Trinajstić information content (AvgIpc) is 3.07. The third-order valence-corrected chi connectivity index (χ3v) is 5.03. The fourth-order valence-electron chi connectivity index (χ4n) is 2.06. The zero-order chi connectivity index (χ0) is 15.2. The van der Waals surface area contributed by atoms with E-state index in [1.807, 2.05) is 37.4 Å². The molecule has 0 radical (unpaired) electrons. The third-order valence-electron chi connectivity index (χ3n) is 3.09. The third kappa shape index (κ3) is 5.10. The maximum Gasteiger partial charge on any atom is 0.220 e. The maximum atomic E-state index is 11.9. The van der Waals surface area contributed by atoms with Gasteiger partial charge in [-0.25, -0.2) is 0 Å².